The van der Waals surface area contributed by atoms with Gasteiger partial charge in [0.2, 0.25) is 0 Å². The summed E-state index contributed by atoms with van der Waals surface area (Å²) < 4.78 is 0. The highest BCUT2D eigenvalue weighted by atomic mass is 14.7. The summed E-state index contributed by atoms with van der Waals surface area (Å²) in [5.74, 6) is 0.0823. The van der Waals surface area contributed by atoms with Crippen LogP contribution in [0.25, 0.3) is 22.0 Å². The molecule has 5 nitrogen and oxygen atoms in total. The van der Waals surface area contributed by atoms with Gasteiger partial charge in [-0.2, -0.15) is 0 Å². The predicted octanol–water partition coefficient (Wildman–Crippen LogP) is 2.40. The zero-order valence-corrected chi connectivity index (χ0v) is 11.3. The molecule has 0 spiro atoms. The highest BCUT2D eigenvalue weighted by Crippen LogP contribution is 2.30. The summed E-state index contributed by atoms with van der Waals surface area (Å²) in [5, 5.41) is 16.1. The summed E-state index contributed by atoms with van der Waals surface area (Å²) >= 11 is 0. The summed E-state index contributed by atoms with van der Waals surface area (Å²) in [7, 11) is 0. The Labute approximate surface area is 121 Å². The monoisotopic (exact) mass is 277 g/mol. The number of fused-ring (bicyclic) bond motifs is 1. The van der Waals surface area contributed by atoms with Gasteiger partial charge in [0.05, 0.1) is 0 Å². The topological polar surface area (TPSA) is 116 Å². The molecule has 0 bridgehead atoms. The second-order valence-corrected chi connectivity index (χ2v) is 4.87. The summed E-state index contributed by atoms with van der Waals surface area (Å²) in [6, 6.07) is 13.2. The van der Waals surface area contributed by atoms with E-state index in [0.717, 1.165) is 22.0 Å². The maximum atomic E-state index is 7.63. The van der Waals surface area contributed by atoms with E-state index in [2.05, 4.69) is 4.98 Å². The molecule has 0 fully saturated rings. The molecule has 21 heavy (non-hydrogen) atoms. The van der Waals surface area contributed by atoms with Crippen LogP contribution in [-0.2, 0) is 0 Å². The van der Waals surface area contributed by atoms with Crippen molar-refractivity contribution in [2.24, 2.45) is 11.5 Å². The molecule has 0 saturated carbocycles. The number of nitrogens with one attached hydrogen (secondary N) is 3. The Morgan fingerprint density at radius 1 is 0.857 bits per heavy atom. The quantitative estimate of drug-likeness (QED) is 0.373. The molecule has 0 aliphatic heterocycles. The highest BCUT2D eigenvalue weighted by Gasteiger charge is 2.09. The SMILES string of the molecule is N=C(N)c1ccc(-c2cc(C(=N)N)cc3[nH]ccc23)cc1. The van der Waals surface area contributed by atoms with Crippen molar-refractivity contribution in [1.82, 2.24) is 4.98 Å². The van der Waals surface area contributed by atoms with E-state index in [9.17, 15) is 0 Å². The van der Waals surface area contributed by atoms with Crippen LogP contribution < -0.4 is 11.5 Å². The first-order chi connectivity index (χ1) is 10.1. The van der Waals surface area contributed by atoms with Crippen molar-refractivity contribution in [2.75, 3.05) is 0 Å². The van der Waals surface area contributed by atoms with E-state index < -0.39 is 0 Å². The molecule has 7 N–H and O–H groups in total. The van der Waals surface area contributed by atoms with E-state index in [1.54, 1.807) is 0 Å². The van der Waals surface area contributed by atoms with Crippen molar-refractivity contribution in [3.63, 3.8) is 0 Å². The third kappa shape index (κ3) is 2.25. The lowest BCUT2D eigenvalue weighted by atomic mass is 9.97. The fraction of sp³-hybridized carbons (Fsp3) is 0. The predicted molar refractivity (Wildman–Crippen MR) is 85.8 cm³/mol. The first-order valence-electron chi connectivity index (χ1n) is 6.46. The van der Waals surface area contributed by atoms with Gasteiger partial charge in [-0.3, -0.25) is 10.8 Å². The average Bonchev–Trinajstić information content (AvgIpc) is 2.94. The molecule has 0 aliphatic carbocycles. The number of H-pyrrole nitrogens is 1. The minimum Gasteiger partial charge on any atom is -0.384 e. The maximum Gasteiger partial charge on any atom is 0.122 e. The Hall–Kier alpha value is -3.08. The summed E-state index contributed by atoms with van der Waals surface area (Å²) in [6.45, 7) is 0. The van der Waals surface area contributed by atoms with E-state index in [1.165, 1.54) is 0 Å². The molecule has 2 aromatic carbocycles. The highest BCUT2D eigenvalue weighted by molar-refractivity contribution is 6.04. The average molecular weight is 277 g/mol. The van der Waals surface area contributed by atoms with Gasteiger partial charge in [0.15, 0.2) is 0 Å². The molecule has 1 heterocycles. The van der Waals surface area contributed by atoms with Gasteiger partial charge < -0.3 is 16.5 Å². The Bertz CT molecular complexity index is 843. The number of aromatic amines is 1. The molecule has 3 rings (SSSR count). The van der Waals surface area contributed by atoms with E-state index in [0.29, 0.717) is 11.1 Å². The van der Waals surface area contributed by atoms with Crippen LogP contribution in [0.1, 0.15) is 11.1 Å². The van der Waals surface area contributed by atoms with Crippen LogP contribution in [0.5, 0.6) is 0 Å². The lowest BCUT2D eigenvalue weighted by Gasteiger charge is -2.08. The van der Waals surface area contributed by atoms with E-state index in [1.807, 2.05) is 48.7 Å². The van der Waals surface area contributed by atoms with Crippen LogP contribution in [0.4, 0.5) is 0 Å². The molecule has 0 amide bonds. The van der Waals surface area contributed by atoms with Gasteiger partial charge in [-0.25, -0.2) is 0 Å². The number of benzene rings is 2. The second-order valence-electron chi connectivity index (χ2n) is 4.87. The van der Waals surface area contributed by atoms with Crippen LogP contribution in [0.3, 0.4) is 0 Å². The van der Waals surface area contributed by atoms with Crippen molar-refractivity contribution in [2.45, 2.75) is 0 Å². The number of aromatic nitrogens is 1. The van der Waals surface area contributed by atoms with Gasteiger partial charge in [0, 0.05) is 28.2 Å². The number of amidine groups is 2. The van der Waals surface area contributed by atoms with Crippen molar-refractivity contribution in [3.8, 4) is 11.1 Å². The lowest BCUT2D eigenvalue weighted by Crippen LogP contribution is -2.11. The number of hydrogen-bond acceptors (Lipinski definition) is 2. The number of nitrogens with two attached hydrogens (primary N) is 2. The summed E-state index contributed by atoms with van der Waals surface area (Å²) in [6.07, 6.45) is 1.86. The van der Waals surface area contributed by atoms with E-state index in [-0.39, 0.29) is 11.7 Å². The van der Waals surface area contributed by atoms with Gasteiger partial charge in [0.25, 0.3) is 0 Å². The minimum absolute atomic E-state index is 0.0353. The van der Waals surface area contributed by atoms with Crippen molar-refractivity contribution < 1.29 is 0 Å². The van der Waals surface area contributed by atoms with Crippen LogP contribution in [-0.4, -0.2) is 16.7 Å². The zero-order chi connectivity index (χ0) is 15.0. The summed E-state index contributed by atoms with van der Waals surface area (Å²) in [5.41, 5.74) is 15.4. The van der Waals surface area contributed by atoms with Crippen molar-refractivity contribution in [1.29, 1.82) is 10.8 Å². The molecule has 104 valence electrons. The third-order valence-corrected chi connectivity index (χ3v) is 3.49. The van der Waals surface area contributed by atoms with Crippen LogP contribution in [0.2, 0.25) is 0 Å². The van der Waals surface area contributed by atoms with Crippen LogP contribution in [0.15, 0.2) is 48.7 Å². The van der Waals surface area contributed by atoms with Gasteiger partial charge in [0.1, 0.15) is 11.7 Å². The van der Waals surface area contributed by atoms with Gasteiger partial charge >= 0.3 is 0 Å². The number of rotatable bonds is 3. The molecule has 0 unspecified atom stereocenters. The minimum atomic E-state index is 0.0353. The third-order valence-electron chi connectivity index (χ3n) is 3.49. The molecule has 5 heteroatoms. The molecular formula is C16H15N5. The smallest absolute Gasteiger partial charge is 0.122 e. The maximum absolute atomic E-state index is 7.63. The molecule has 0 atom stereocenters. The van der Waals surface area contributed by atoms with E-state index >= 15 is 0 Å². The molecular weight excluding hydrogens is 262 g/mol. The van der Waals surface area contributed by atoms with E-state index in [4.69, 9.17) is 22.3 Å². The van der Waals surface area contributed by atoms with Gasteiger partial charge in [-0.1, -0.05) is 24.3 Å². The number of nitrogen functional groups attached to an aromatic ring is 2. The fourth-order valence-electron chi connectivity index (χ4n) is 2.39. The Kier molecular flexibility index (Phi) is 2.95. The Morgan fingerprint density at radius 2 is 1.52 bits per heavy atom. The summed E-state index contributed by atoms with van der Waals surface area (Å²) in [4.78, 5) is 3.15. The number of hydrogen-bond donors (Lipinski definition) is 5. The zero-order valence-electron chi connectivity index (χ0n) is 11.3. The van der Waals surface area contributed by atoms with Crippen LogP contribution >= 0.6 is 0 Å². The van der Waals surface area contributed by atoms with Crippen molar-refractivity contribution in [3.05, 3.63) is 59.8 Å². The first-order valence-corrected chi connectivity index (χ1v) is 6.46. The van der Waals surface area contributed by atoms with Gasteiger partial charge in [-0.15, -0.1) is 0 Å². The molecule has 0 aliphatic rings. The second kappa shape index (κ2) is 4.79. The molecule has 3 aromatic rings. The molecule has 0 saturated heterocycles. The van der Waals surface area contributed by atoms with Gasteiger partial charge in [-0.05, 0) is 29.3 Å². The standard InChI is InChI=1S/C16H15N5/c17-15(18)10-3-1-9(2-4-10)13-7-11(16(19)20)8-14-12(13)5-6-21-14/h1-8,21H,(H3,17,18)(H3,19,20). The van der Waals surface area contributed by atoms with Crippen molar-refractivity contribution >= 4 is 22.6 Å². The molecule has 1 aromatic heterocycles. The lowest BCUT2D eigenvalue weighted by molar-refractivity contribution is 1.42. The Morgan fingerprint density at radius 3 is 2.14 bits per heavy atom. The van der Waals surface area contributed by atoms with Crippen LogP contribution in [0, 0.1) is 10.8 Å². The normalized spacial score (nSPS) is 10.7. The fourth-order valence-corrected chi connectivity index (χ4v) is 2.39. The molecule has 0 radical (unpaired) electrons. The Balaban J connectivity index is 2.20. The largest absolute Gasteiger partial charge is 0.384 e. The first kappa shape index (κ1) is 12.9.